The van der Waals surface area contributed by atoms with E-state index in [9.17, 15) is 0 Å². The molecule has 0 atom stereocenters. The summed E-state index contributed by atoms with van der Waals surface area (Å²) in [6, 6.07) is 39.3. The SMILES string of the molecule is CC1(C)c2ccccc2-c2ccc(-c3cccc(-c4cccc(-c5ccccn5)c4)c3)cc21. The third-order valence-corrected chi connectivity index (χ3v) is 6.94. The van der Waals surface area contributed by atoms with E-state index in [0.717, 1.165) is 11.3 Å². The van der Waals surface area contributed by atoms with Gasteiger partial charge in [0.2, 0.25) is 0 Å². The largest absolute Gasteiger partial charge is 0.256 e. The van der Waals surface area contributed by atoms with E-state index in [1.54, 1.807) is 0 Å². The van der Waals surface area contributed by atoms with Crippen LogP contribution in [0.3, 0.4) is 0 Å². The van der Waals surface area contributed by atoms with E-state index in [-0.39, 0.29) is 5.41 Å². The second kappa shape index (κ2) is 7.56. The van der Waals surface area contributed by atoms with Gasteiger partial charge in [0.15, 0.2) is 0 Å². The van der Waals surface area contributed by atoms with Crippen LogP contribution in [0.5, 0.6) is 0 Å². The summed E-state index contributed by atoms with van der Waals surface area (Å²) < 4.78 is 0. The quantitative estimate of drug-likeness (QED) is 0.284. The Labute approximate surface area is 195 Å². The molecular formula is C32H25N. The molecule has 0 unspecified atom stereocenters. The first-order chi connectivity index (χ1) is 16.1. The lowest BCUT2D eigenvalue weighted by atomic mass is 9.81. The van der Waals surface area contributed by atoms with Crippen molar-refractivity contribution in [1.29, 1.82) is 0 Å². The van der Waals surface area contributed by atoms with E-state index in [1.165, 1.54) is 44.5 Å². The number of pyridine rings is 1. The van der Waals surface area contributed by atoms with Crippen molar-refractivity contribution >= 4 is 0 Å². The van der Waals surface area contributed by atoms with E-state index >= 15 is 0 Å². The Hall–Kier alpha value is -3.97. The zero-order chi connectivity index (χ0) is 22.4. The molecule has 0 saturated carbocycles. The molecule has 6 rings (SSSR count). The zero-order valence-electron chi connectivity index (χ0n) is 18.9. The third-order valence-electron chi connectivity index (χ3n) is 6.94. The van der Waals surface area contributed by atoms with Crippen molar-refractivity contribution in [3.8, 4) is 44.6 Å². The summed E-state index contributed by atoms with van der Waals surface area (Å²) in [5, 5.41) is 0. The third kappa shape index (κ3) is 3.29. The molecule has 1 aromatic heterocycles. The van der Waals surface area contributed by atoms with Gasteiger partial charge in [-0.25, -0.2) is 0 Å². The maximum atomic E-state index is 4.51. The van der Waals surface area contributed by atoms with Gasteiger partial charge in [-0.1, -0.05) is 92.7 Å². The molecule has 1 aliphatic rings. The van der Waals surface area contributed by atoms with Crippen LogP contribution in [-0.2, 0) is 5.41 Å². The minimum Gasteiger partial charge on any atom is -0.256 e. The van der Waals surface area contributed by atoms with Gasteiger partial charge >= 0.3 is 0 Å². The Morgan fingerprint density at radius 1 is 0.485 bits per heavy atom. The molecule has 0 radical (unpaired) electrons. The van der Waals surface area contributed by atoms with E-state index in [4.69, 9.17) is 0 Å². The molecule has 1 nitrogen and oxygen atoms in total. The number of rotatable bonds is 3. The van der Waals surface area contributed by atoms with Gasteiger partial charge in [0, 0.05) is 17.2 Å². The van der Waals surface area contributed by atoms with Crippen LogP contribution in [0.15, 0.2) is 115 Å². The van der Waals surface area contributed by atoms with Gasteiger partial charge in [0.05, 0.1) is 5.69 Å². The summed E-state index contributed by atoms with van der Waals surface area (Å²) in [6.45, 7) is 4.67. The second-order valence-corrected chi connectivity index (χ2v) is 9.31. The van der Waals surface area contributed by atoms with Crippen LogP contribution < -0.4 is 0 Å². The van der Waals surface area contributed by atoms with Crippen molar-refractivity contribution in [2.24, 2.45) is 0 Å². The van der Waals surface area contributed by atoms with Gasteiger partial charge in [-0.05, 0) is 74.8 Å². The molecule has 1 aliphatic carbocycles. The van der Waals surface area contributed by atoms with Crippen LogP contribution in [0.1, 0.15) is 25.0 Å². The summed E-state index contributed by atoms with van der Waals surface area (Å²) >= 11 is 0. The predicted octanol–water partition coefficient (Wildman–Crippen LogP) is 8.39. The van der Waals surface area contributed by atoms with Gasteiger partial charge in [0.25, 0.3) is 0 Å². The first-order valence-corrected chi connectivity index (χ1v) is 11.5. The van der Waals surface area contributed by atoms with Crippen LogP contribution in [-0.4, -0.2) is 4.98 Å². The highest BCUT2D eigenvalue weighted by atomic mass is 14.7. The van der Waals surface area contributed by atoms with E-state index in [0.29, 0.717) is 0 Å². The van der Waals surface area contributed by atoms with Crippen LogP contribution in [0, 0.1) is 0 Å². The Balaban J connectivity index is 1.40. The molecular weight excluding hydrogens is 398 g/mol. The standard InChI is InChI=1S/C32H25N/c1-32(2)29-14-4-3-13-27(29)28-17-16-25(21-30(28)32)23-10-7-9-22(19-23)24-11-8-12-26(20-24)31-15-5-6-18-33-31/h3-21H,1-2H3. The van der Waals surface area contributed by atoms with Crippen molar-refractivity contribution in [2.75, 3.05) is 0 Å². The summed E-state index contributed by atoms with van der Waals surface area (Å²) in [5.74, 6) is 0. The molecule has 0 N–H and O–H groups in total. The lowest BCUT2D eigenvalue weighted by Crippen LogP contribution is -2.14. The topological polar surface area (TPSA) is 12.9 Å². The molecule has 0 spiro atoms. The summed E-state index contributed by atoms with van der Waals surface area (Å²) in [6.07, 6.45) is 1.84. The van der Waals surface area contributed by atoms with Gasteiger partial charge in [-0.3, -0.25) is 4.98 Å². The average Bonchev–Trinajstić information content (AvgIpc) is 3.11. The average molecular weight is 424 g/mol. The molecule has 5 aromatic rings. The highest BCUT2D eigenvalue weighted by molar-refractivity contribution is 5.84. The summed E-state index contributed by atoms with van der Waals surface area (Å²) in [4.78, 5) is 4.51. The first-order valence-electron chi connectivity index (χ1n) is 11.5. The van der Waals surface area contributed by atoms with Crippen LogP contribution >= 0.6 is 0 Å². The Bertz CT molecular complexity index is 1480. The molecule has 0 amide bonds. The fourth-order valence-corrected chi connectivity index (χ4v) is 5.15. The Kier molecular flexibility index (Phi) is 4.52. The molecule has 0 saturated heterocycles. The minimum absolute atomic E-state index is 0.0105. The number of aromatic nitrogens is 1. The minimum atomic E-state index is 0.0105. The van der Waals surface area contributed by atoms with Crippen LogP contribution in [0.4, 0.5) is 0 Å². The molecule has 33 heavy (non-hydrogen) atoms. The van der Waals surface area contributed by atoms with Gasteiger partial charge < -0.3 is 0 Å². The maximum absolute atomic E-state index is 4.51. The monoisotopic (exact) mass is 423 g/mol. The fraction of sp³-hybridized carbons (Fsp3) is 0.0938. The van der Waals surface area contributed by atoms with Gasteiger partial charge in [-0.15, -0.1) is 0 Å². The lowest BCUT2D eigenvalue weighted by Gasteiger charge is -2.22. The molecule has 4 aromatic carbocycles. The number of hydrogen-bond donors (Lipinski definition) is 0. The highest BCUT2D eigenvalue weighted by Gasteiger charge is 2.35. The van der Waals surface area contributed by atoms with E-state index in [2.05, 4.69) is 116 Å². The summed E-state index contributed by atoms with van der Waals surface area (Å²) in [5.41, 5.74) is 12.6. The van der Waals surface area contributed by atoms with Gasteiger partial charge in [0.1, 0.15) is 0 Å². The molecule has 0 aliphatic heterocycles. The van der Waals surface area contributed by atoms with E-state index in [1.807, 2.05) is 18.3 Å². The molecule has 1 heterocycles. The molecule has 0 fully saturated rings. The van der Waals surface area contributed by atoms with Crippen LogP contribution in [0.2, 0.25) is 0 Å². The smallest absolute Gasteiger partial charge is 0.0702 e. The maximum Gasteiger partial charge on any atom is 0.0702 e. The van der Waals surface area contributed by atoms with Crippen molar-refractivity contribution in [3.63, 3.8) is 0 Å². The van der Waals surface area contributed by atoms with Crippen LogP contribution in [0.25, 0.3) is 44.6 Å². The second-order valence-electron chi connectivity index (χ2n) is 9.31. The van der Waals surface area contributed by atoms with Crippen molar-refractivity contribution < 1.29 is 0 Å². The first kappa shape index (κ1) is 19.7. The molecule has 158 valence electrons. The Morgan fingerprint density at radius 2 is 1.09 bits per heavy atom. The zero-order valence-corrected chi connectivity index (χ0v) is 18.9. The predicted molar refractivity (Wildman–Crippen MR) is 138 cm³/mol. The number of hydrogen-bond acceptors (Lipinski definition) is 1. The van der Waals surface area contributed by atoms with Gasteiger partial charge in [-0.2, -0.15) is 0 Å². The van der Waals surface area contributed by atoms with Crippen molar-refractivity contribution in [2.45, 2.75) is 19.3 Å². The normalized spacial score (nSPS) is 13.4. The number of benzene rings is 4. The van der Waals surface area contributed by atoms with E-state index < -0.39 is 0 Å². The van der Waals surface area contributed by atoms with Crippen molar-refractivity contribution in [3.05, 3.63) is 127 Å². The molecule has 0 bridgehead atoms. The summed E-state index contributed by atoms with van der Waals surface area (Å²) in [7, 11) is 0. The van der Waals surface area contributed by atoms with Crippen molar-refractivity contribution in [1.82, 2.24) is 4.98 Å². The lowest BCUT2D eigenvalue weighted by molar-refractivity contribution is 0.660. The highest BCUT2D eigenvalue weighted by Crippen LogP contribution is 2.49. The number of fused-ring (bicyclic) bond motifs is 3. The molecule has 1 heteroatoms. The number of nitrogens with zero attached hydrogens (tertiary/aromatic N) is 1. The Morgan fingerprint density at radius 3 is 1.82 bits per heavy atom. The fourth-order valence-electron chi connectivity index (χ4n) is 5.15.